The van der Waals surface area contributed by atoms with Gasteiger partial charge < -0.3 is 13.9 Å². The van der Waals surface area contributed by atoms with Crippen molar-refractivity contribution in [3.05, 3.63) is 0 Å². The van der Waals surface area contributed by atoms with Crippen molar-refractivity contribution >= 4 is 9.76 Å². The zero-order valence-corrected chi connectivity index (χ0v) is 11.7. The van der Waals surface area contributed by atoms with Gasteiger partial charge in [0.2, 0.25) is 0 Å². The summed E-state index contributed by atoms with van der Waals surface area (Å²) in [5.74, 6) is 0. The molecular formula is C11H24O3Si. The van der Waals surface area contributed by atoms with Crippen LogP contribution in [0.5, 0.6) is 0 Å². The summed E-state index contributed by atoms with van der Waals surface area (Å²) in [4.78, 5) is 0. The minimum atomic E-state index is -0.379. The van der Waals surface area contributed by atoms with Crippen LogP contribution in [0.3, 0.4) is 0 Å². The van der Waals surface area contributed by atoms with E-state index in [0.717, 1.165) is 39.5 Å². The molecule has 0 aromatic carbocycles. The molecule has 0 aromatic rings. The van der Waals surface area contributed by atoms with Crippen LogP contribution in [0.1, 0.15) is 27.2 Å². The maximum atomic E-state index is 5.77. The smallest absolute Gasteiger partial charge is 0.166 e. The summed E-state index contributed by atoms with van der Waals surface area (Å²) in [6.07, 6.45) is 1.16. The topological polar surface area (TPSA) is 27.7 Å². The molecule has 1 rings (SSSR count). The first kappa shape index (κ1) is 13.2. The van der Waals surface area contributed by atoms with Crippen LogP contribution < -0.4 is 0 Å². The normalized spacial score (nSPS) is 21.8. The Bertz CT molecular complexity index is 166. The highest BCUT2D eigenvalue weighted by atomic mass is 28.2. The second kappa shape index (κ2) is 6.63. The Morgan fingerprint density at radius 3 is 2.60 bits per heavy atom. The van der Waals surface area contributed by atoms with Crippen molar-refractivity contribution < 1.29 is 13.9 Å². The Kier molecular flexibility index (Phi) is 5.82. The number of ether oxygens (including phenoxy) is 2. The lowest BCUT2D eigenvalue weighted by molar-refractivity contribution is -0.150. The van der Waals surface area contributed by atoms with Crippen molar-refractivity contribution in [1.29, 1.82) is 0 Å². The van der Waals surface area contributed by atoms with Crippen LogP contribution >= 0.6 is 0 Å². The third-order valence-corrected chi connectivity index (χ3v) is 4.43. The molecule has 3 nitrogen and oxygen atoms in total. The molecule has 15 heavy (non-hydrogen) atoms. The number of hydrogen-bond acceptors (Lipinski definition) is 3. The van der Waals surface area contributed by atoms with Crippen molar-refractivity contribution in [2.75, 3.05) is 33.0 Å². The van der Waals surface area contributed by atoms with Crippen molar-refractivity contribution in [3.63, 3.8) is 0 Å². The highest BCUT2D eigenvalue weighted by molar-refractivity contribution is 6.29. The molecule has 4 heteroatoms. The van der Waals surface area contributed by atoms with Crippen LogP contribution in [0.15, 0.2) is 0 Å². The first-order valence-electron chi connectivity index (χ1n) is 5.95. The van der Waals surface area contributed by atoms with E-state index in [1.54, 1.807) is 0 Å². The van der Waals surface area contributed by atoms with E-state index in [1.165, 1.54) is 0 Å². The van der Waals surface area contributed by atoms with Gasteiger partial charge >= 0.3 is 0 Å². The lowest BCUT2D eigenvalue weighted by atomic mass is 9.84. The molecule has 1 aliphatic rings. The molecule has 0 bridgehead atoms. The minimum Gasteiger partial charge on any atom is -0.424 e. The lowest BCUT2D eigenvalue weighted by Crippen LogP contribution is -2.45. The summed E-state index contributed by atoms with van der Waals surface area (Å²) in [7, 11) is -0.379. The molecule has 1 unspecified atom stereocenters. The zero-order valence-electron chi connectivity index (χ0n) is 10.3. The van der Waals surface area contributed by atoms with Crippen LogP contribution in [0.2, 0.25) is 5.54 Å². The van der Waals surface area contributed by atoms with E-state index in [0.29, 0.717) is 11.0 Å². The Hall–Kier alpha value is 0.0969. The fourth-order valence-corrected chi connectivity index (χ4v) is 2.52. The first-order chi connectivity index (χ1) is 7.22. The quantitative estimate of drug-likeness (QED) is 0.591. The van der Waals surface area contributed by atoms with Gasteiger partial charge in [0.1, 0.15) is 0 Å². The third kappa shape index (κ3) is 4.22. The van der Waals surface area contributed by atoms with Gasteiger partial charge in [0, 0.05) is 18.6 Å². The third-order valence-electron chi connectivity index (χ3n) is 2.98. The van der Waals surface area contributed by atoms with Gasteiger partial charge in [-0.15, -0.1) is 0 Å². The summed E-state index contributed by atoms with van der Waals surface area (Å²) >= 11 is 0. The molecule has 1 fully saturated rings. The molecule has 1 atom stereocenters. The largest absolute Gasteiger partial charge is 0.424 e. The summed E-state index contributed by atoms with van der Waals surface area (Å²) in [5.41, 5.74) is 0.951. The molecule has 0 spiro atoms. The molecule has 0 saturated carbocycles. The van der Waals surface area contributed by atoms with Gasteiger partial charge in [-0.05, 0) is 18.9 Å². The van der Waals surface area contributed by atoms with Gasteiger partial charge in [0.05, 0.1) is 19.8 Å². The van der Waals surface area contributed by atoms with Gasteiger partial charge in [0.25, 0.3) is 0 Å². The van der Waals surface area contributed by atoms with Gasteiger partial charge in [-0.1, -0.05) is 13.8 Å². The molecule has 0 radical (unpaired) electrons. The highest BCUT2D eigenvalue weighted by Crippen LogP contribution is 2.31. The molecule has 0 aliphatic carbocycles. The van der Waals surface area contributed by atoms with Crippen molar-refractivity contribution in [2.24, 2.45) is 5.41 Å². The van der Waals surface area contributed by atoms with Crippen LogP contribution in [-0.4, -0.2) is 42.8 Å². The summed E-state index contributed by atoms with van der Waals surface area (Å²) in [5, 5.41) is 0. The maximum Gasteiger partial charge on any atom is 0.166 e. The SMILES string of the molecule is CCO[SiH2]C(C)COCC1(CC)COC1. The molecule has 0 amide bonds. The van der Waals surface area contributed by atoms with E-state index in [1.807, 2.05) is 0 Å². The van der Waals surface area contributed by atoms with E-state index in [2.05, 4.69) is 20.8 Å². The van der Waals surface area contributed by atoms with Gasteiger partial charge in [-0.3, -0.25) is 0 Å². The Morgan fingerprint density at radius 2 is 2.13 bits per heavy atom. The monoisotopic (exact) mass is 232 g/mol. The van der Waals surface area contributed by atoms with Gasteiger partial charge in [0.15, 0.2) is 9.76 Å². The Labute approximate surface area is 95.4 Å². The first-order valence-corrected chi connectivity index (χ1v) is 7.35. The average Bonchev–Trinajstić information content (AvgIpc) is 2.19. The molecule has 1 heterocycles. The summed E-state index contributed by atoms with van der Waals surface area (Å²) < 4.78 is 16.5. The minimum absolute atomic E-state index is 0.326. The van der Waals surface area contributed by atoms with Gasteiger partial charge in [-0.25, -0.2) is 0 Å². The molecular weight excluding hydrogens is 208 g/mol. The molecule has 1 saturated heterocycles. The van der Waals surface area contributed by atoms with Crippen molar-refractivity contribution in [1.82, 2.24) is 0 Å². The van der Waals surface area contributed by atoms with Crippen molar-refractivity contribution in [2.45, 2.75) is 32.7 Å². The van der Waals surface area contributed by atoms with Crippen molar-refractivity contribution in [3.8, 4) is 0 Å². The molecule has 90 valence electrons. The average molecular weight is 232 g/mol. The maximum absolute atomic E-state index is 5.77. The summed E-state index contributed by atoms with van der Waals surface area (Å²) in [6, 6.07) is 0. The number of hydrogen-bond donors (Lipinski definition) is 0. The van der Waals surface area contributed by atoms with Crippen LogP contribution in [0.25, 0.3) is 0 Å². The van der Waals surface area contributed by atoms with E-state index in [-0.39, 0.29) is 9.76 Å². The number of rotatable bonds is 8. The standard InChI is InChI=1S/C11H24O3Si/c1-4-11(8-13-9-11)7-12-6-10(3)15-14-5-2/h10H,4-9,15H2,1-3H3. The molecule has 1 aliphatic heterocycles. The van der Waals surface area contributed by atoms with E-state index in [4.69, 9.17) is 13.9 Å². The fraction of sp³-hybridized carbons (Fsp3) is 1.00. The summed E-state index contributed by atoms with van der Waals surface area (Å²) in [6.45, 7) is 10.8. The predicted octanol–water partition coefficient (Wildman–Crippen LogP) is 1.36. The van der Waals surface area contributed by atoms with Crippen LogP contribution in [-0.2, 0) is 13.9 Å². The zero-order chi connectivity index (χ0) is 11.1. The van der Waals surface area contributed by atoms with E-state index in [9.17, 15) is 0 Å². The predicted molar refractivity (Wildman–Crippen MR) is 64.0 cm³/mol. The van der Waals surface area contributed by atoms with E-state index < -0.39 is 0 Å². The van der Waals surface area contributed by atoms with Crippen LogP contribution in [0, 0.1) is 5.41 Å². The molecule has 0 N–H and O–H groups in total. The van der Waals surface area contributed by atoms with E-state index >= 15 is 0 Å². The van der Waals surface area contributed by atoms with Crippen LogP contribution in [0.4, 0.5) is 0 Å². The second-order valence-corrected chi connectivity index (χ2v) is 6.76. The molecule has 0 aromatic heterocycles. The highest BCUT2D eigenvalue weighted by Gasteiger charge is 2.36. The Balaban J connectivity index is 2.04. The lowest BCUT2D eigenvalue weighted by Gasteiger charge is -2.40. The van der Waals surface area contributed by atoms with Gasteiger partial charge in [-0.2, -0.15) is 0 Å². The second-order valence-electron chi connectivity index (χ2n) is 4.63. The fourth-order valence-electron chi connectivity index (χ4n) is 1.62. The Morgan fingerprint density at radius 1 is 1.40 bits per heavy atom.